The fraction of sp³-hybridized carbons (Fsp3) is 0.286. The highest BCUT2D eigenvalue weighted by Crippen LogP contribution is 2.19. The van der Waals surface area contributed by atoms with Crippen LogP contribution >= 0.6 is 0 Å². The largest absolute Gasteiger partial charge is 0.434 e. The number of aryl methyl sites for hydroxylation is 1. The first-order valence-corrected chi connectivity index (χ1v) is 6.47. The van der Waals surface area contributed by atoms with Gasteiger partial charge in [-0.1, -0.05) is 12.1 Å². The average molecular weight is 295 g/mol. The van der Waals surface area contributed by atoms with Gasteiger partial charge in [-0.25, -0.2) is 4.98 Å². The number of ether oxygens (including phenoxy) is 1. The Morgan fingerprint density at radius 1 is 1.38 bits per heavy atom. The number of hydrogen-bond acceptors (Lipinski definition) is 3. The number of carbonyl (C=O) groups excluding carboxylic acids is 1. The van der Waals surface area contributed by atoms with Crippen molar-refractivity contribution in [2.45, 2.75) is 19.5 Å². The van der Waals surface area contributed by atoms with E-state index in [0.717, 1.165) is 5.82 Å². The van der Waals surface area contributed by atoms with Crippen LogP contribution in [0.3, 0.4) is 0 Å². The fourth-order valence-electron chi connectivity index (χ4n) is 1.84. The highest BCUT2D eigenvalue weighted by atomic mass is 19.3. The van der Waals surface area contributed by atoms with Crippen LogP contribution in [-0.2, 0) is 6.42 Å². The zero-order chi connectivity index (χ0) is 15.1. The van der Waals surface area contributed by atoms with E-state index in [2.05, 4.69) is 20.0 Å². The third-order valence-corrected chi connectivity index (χ3v) is 2.78. The van der Waals surface area contributed by atoms with Gasteiger partial charge in [-0.05, 0) is 18.6 Å². The van der Waals surface area contributed by atoms with Crippen LogP contribution in [-0.4, -0.2) is 29.0 Å². The Labute approximate surface area is 120 Å². The van der Waals surface area contributed by atoms with Crippen molar-refractivity contribution in [3.8, 4) is 5.75 Å². The van der Waals surface area contributed by atoms with Gasteiger partial charge in [-0.3, -0.25) is 4.79 Å². The van der Waals surface area contributed by atoms with Gasteiger partial charge in [0.25, 0.3) is 5.91 Å². The normalized spacial score (nSPS) is 10.6. The Kier molecular flexibility index (Phi) is 5.25. The topological polar surface area (TPSA) is 67.0 Å². The maximum Gasteiger partial charge on any atom is 0.387 e. The van der Waals surface area contributed by atoms with E-state index in [4.69, 9.17) is 0 Å². The molecule has 112 valence electrons. The molecule has 0 aliphatic rings. The minimum Gasteiger partial charge on any atom is -0.434 e. The van der Waals surface area contributed by atoms with E-state index >= 15 is 0 Å². The Morgan fingerprint density at radius 3 is 2.90 bits per heavy atom. The summed E-state index contributed by atoms with van der Waals surface area (Å²) in [6, 6.07) is 5.91. The Balaban J connectivity index is 1.85. The lowest BCUT2D eigenvalue weighted by molar-refractivity contribution is -0.0501. The number of para-hydroxylation sites is 1. The first kappa shape index (κ1) is 15.0. The molecule has 0 spiro atoms. The van der Waals surface area contributed by atoms with Crippen LogP contribution in [0.15, 0.2) is 36.7 Å². The molecule has 0 saturated heterocycles. The summed E-state index contributed by atoms with van der Waals surface area (Å²) in [5, 5.41) is 2.67. The quantitative estimate of drug-likeness (QED) is 0.771. The lowest BCUT2D eigenvalue weighted by Crippen LogP contribution is -2.25. The first-order chi connectivity index (χ1) is 10.2. The van der Waals surface area contributed by atoms with Gasteiger partial charge in [-0.15, -0.1) is 0 Å². The molecular formula is C14H15F2N3O2. The molecule has 0 unspecified atom stereocenters. The molecule has 5 nitrogen and oxygen atoms in total. The van der Waals surface area contributed by atoms with Crippen LogP contribution in [0.4, 0.5) is 8.78 Å². The van der Waals surface area contributed by atoms with Crippen molar-refractivity contribution in [2.24, 2.45) is 0 Å². The molecule has 0 aliphatic carbocycles. The number of carbonyl (C=O) groups is 1. The molecule has 0 aliphatic heterocycles. The van der Waals surface area contributed by atoms with Crippen molar-refractivity contribution in [1.82, 2.24) is 15.3 Å². The second-order valence-corrected chi connectivity index (χ2v) is 4.27. The van der Waals surface area contributed by atoms with Crippen molar-refractivity contribution in [1.29, 1.82) is 0 Å². The number of rotatable bonds is 7. The lowest BCUT2D eigenvalue weighted by Gasteiger charge is -2.10. The van der Waals surface area contributed by atoms with Crippen LogP contribution in [0.1, 0.15) is 22.6 Å². The molecule has 0 bridgehead atoms. The number of hydrogen-bond donors (Lipinski definition) is 2. The Bertz CT molecular complexity index is 573. The summed E-state index contributed by atoms with van der Waals surface area (Å²) in [7, 11) is 0. The van der Waals surface area contributed by atoms with E-state index in [9.17, 15) is 13.6 Å². The van der Waals surface area contributed by atoms with Crippen molar-refractivity contribution < 1.29 is 18.3 Å². The minimum absolute atomic E-state index is 0.0933. The molecule has 0 fully saturated rings. The maximum absolute atomic E-state index is 12.3. The van der Waals surface area contributed by atoms with E-state index in [0.29, 0.717) is 19.4 Å². The summed E-state index contributed by atoms with van der Waals surface area (Å²) in [6.45, 7) is -2.54. The van der Waals surface area contributed by atoms with Gasteiger partial charge in [0, 0.05) is 25.4 Å². The van der Waals surface area contributed by atoms with E-state index < -0.39 is 12.5 Å². The summed E-state index contributed by atoms with van der Waals surface area (Å²) < 4.78 is 28.8. The van der Waals surface area contributed by atoms with Gasteiger partial charge in [0.05, 0.1) is 5.56 Å². The van der Waals surface area contributed by atoms with E-state index in [1.165, 1.54) is 18.2 Å². The molecule has 2 rings (SSSR count). The van der Waals surface area contributed by atoms with Crippen LogP contribution in [0.2, 0.25) is 0 Å². The molecule has 1 amide bonds. The fourth-order valence-corrected chi connectivity index (χ4v) is 1.84. The van der Waals surface area contributed by atoms with Crippen LogP contribution < -0.4 is 10.1 Å². The van der Waals surface area contributed by atoms with E-state index in [1.807, 2.05) is 0 Å². The number of aromatic amines is 1. The molecule has 2 aromatic rings. The molecule has 1 aromatic heterocycles. The number of nitrogens with zero attached hydrogens (tertiary/aromatic N) is 1. The molecule has 1 aromatic carbocycles. The standard InChI is InChI=1S/C14H15F2N3O2/c15-14(16)21-11-5-2-1-4-10(11)13(20)19-7-3-6-12-17-8-9-18-12/h1-2,4-5,8-9,14H,3,6-7H2,(H,17,18)(H,19,20). The van der Waals surface area contributed by atoms with Crippen molar-refractivity contribution in [2.75, 3.05) is 6.54 Å². The van der Waals surface area contributed by atoms with Crippen LogP contribution in [0.25, 0.3) is 0 Å². The predicted molar refractivity (Wildman–Crippen MR) is 72.3 cm³/mol. The predicted octanol–water partition coefficient (Wildman–Crippen LogP) is 2.37. The SMILES string of the molecule is O=C(NCCCc1ncc[nH]1)c1ccccc1OC(F)F. The molecule has 2 N–H and O–H groups in total. The zero-order valence-corrected chi connectivity index (χ0v) is 11.2. The van der Waals surface area contributed by atoms with E-state index in [-0.39, 0.29) is 11.3 Å². The highest BCUT2D eigenvalue weighted by molar-refractivity contribution is 5.96. The van der Waals surface area contributed by atoms with Crippen molar-refractivity contribution in [3.05, 3.63) is 48.0 Å². The summed E-state index contributed by atoms with van der Waals surface area (Å²) in [5.41, 5.74) is 0.0933. The summed E-state index contributed by atoms with van der Waals surface area (Å²) in [6.07, 6.45) is 4.78. The van der Waals surface area contributed by atoms with Gasteiger partial charge < -0.3 is 15.0 Å². The number of benzene rings is 1. The molecular weight excluding hydrogens is 280 g/mol. The van der Waals surface area contributed by atoms with Crippen molar-refractivity contribution in [3.63, 3.8) is 0 Å². The number of amides is 1. The van der Waals surface area contributed by atoms with Gasteiger partial charge in [0.15, 0.2) is 0 Å². The van der Waals surface area contributed by atoms with Gasteiger partial charge >= 0.3 is 6.61 Å². The Morgan fingerprint density at radius 2 is 2.19 bits per heavy atom. The van der Waals surface area contributed by atoms with Gasteiger partial charge in [-0.2, -0.15) is 8.78 Å². The van der Waals surface area contributed by atoms with E-state index in [1.54, 1.807) is 18.5 Å². The van der Waals surface area contributed by atoms with Gasteiger partial charge in [0.2, 0.25) is 0 Å². The third-order valence-electron chi connectivity index (χ3n) is 2.78. The summed E-state index contributed by atoms with van der Waals surface area (Å²) in [5.74, 6) is 0.271. The molecule has 7 heteroatoms. The number of nitrogens with one attached hydrogen (secondary N) is 2. The number of halogens is 2. The van der Waals surface area contributed by atoms with Gasteiger partial charge in [0.1, 0.15) is 11.6 Å². The number of aromatic nitrogens is 2. The Hall–Kier alpha value is -2.44. The zero-order valence-electron chi connectivity index (χ0n) is 11.2. The molecule has 1 heterocycles. The van der Waals surface area contributed by atoms with Crippen LogP contribution in [0, 0.1) is 0 Å². The molecule has 21 heavy (non-hydrogen) atoms. The number of H-pyrrole nitrogens is 1. The average Bonchev–Trinajstić information content (AvgIpc) is 2.96. The molecule has 0 radical (unpaired) electrons. The third kappa shape index (κ3) is 4.55. The molecule has 0 saturated carbocycles. The summed E-state index contributed by atoms with van der Waals surface area (Å²) in [4.78, 5) is 19.0. The summed E-state index contributed by atoms with van der Waals surface area (Å²) >= 11 is 0. The smallest absolute Gasteiger partial charge is 0.387 e. The number of imidazole rings is 1. The minimum atomic E-state index is -2.96. The van der Waals surface area contributed by atoms with Crippen LogP contribution in [0.5, 0.6) is 5.75 Å². The highest BCUT2D eigenvalue weighted by Gasteiger charge is 2.14. The second kappa shape index (κ2) is 7.37. The second-order valence-electron chi connectivity index (χ2n) is 4.27. The lowest BCUT2D eigenvalue weighted by atomic mass is 10.2. The number of alkyl halides is 2. The first-order valence-electron chi connectivity index (χ1n) is 6.47. The van der Waals surface area contributed by atoms with Crippen molar-refractivity contribution >= 4 is 5.91 Å². The molecule has 0 atom stereocenters. The monoisotopic (exact) mass is 295 g/mol. The maximum atomic E-state index is 12.3.